The number of rotatable bonds is 0. The van der Waals surface area contributed by atoms with Gasteiger partial charge in [0, 0.05) is 121 Å². The van der Waals surface area contributed by atoms with Gasteiger partial charge in [0.15, 0.2) is 0 Å². The molecule has 0 aromatic rings. The Hall–Kier alpha value is 3.87. The topological polar surface area (TPSA) is 0 Å². The van der Waals surface area contributed by atoms with Crippen molar-refractivity contribution in [1.29, 1.82) is 0 Å². The normalized spacial score (nSPS) is 0. The predicted octanol–water partition coefficient (Wildman–Crippen LogP) is -0.386. The van der Waals surface area contributed by atoms with E-state index in [4.69, 9.17) is 0 Å². The van der Waals surface area contributed by atoms with Crippen LogP contribution in [0, 0.1) is 41.3 Å². The first-order valence-electron chi connectivity index (χ1n) is 0. The van der Waals surface area contributed by atoms with E-state index in [1.165, 1.54) is 0 Å². The van der Waals surface area contributed by atoms with Crippen molar-refractivity contribution < 1.29 is 75.1 Å². The van der Waals surface area contributed by atoms with Crippen molar-refractivity contribution in [1.82, 2.24) is 0 Å². The first kappa shape index (κ1) is 24.8. The second-order valence-electron chi connectivity index (χ2n) is 0. The van der Waals surface area contributed by atoms with Gasteiger partial charge in [-0.05, 0) is 0 Å². The zero-order valence-electron chi connectivity index (χ0n) is 1.97. The molecule has 0 unspecified atom stereocenters. The summed E-state index contributed by atoms with van der Waals surface area (Å²) in [5.41, 5.74) is 0. The Bertz CT molecular complexity index is 8.00. The summed E-state index contributed by atoms with van der Waals surface area (Å²) >= 11 is 0. The molecule has 0 atom stereocenters. The molecule has 0 aliphatic carbocycles. The van der Waals surface area contributed by atoms with Gasteiger partial charge in [0.2, 0.25) is 0 Å². The maximum absolute atomic E-state index is 0. The summed E-state index contributed by atoms with van der Waals surface area (Å²) in [6, 6.07) is 0. The van der Waals surface area contributed by atoms with Crippen molar-refractivity contribution in [2.45, 2.75) is 0 Å². The van der Waals surface area contributed by atoms with Crippen LogP contribution in [0.25, 0.3) is 0 Å². The fraction of sp³-hybridized carbons (Fsp3) is 0. The fourth-order valence-corrected chi connectivity index (χ4v) is 0. The third-order valence-corrected chi connectivity index (χ3v) is 0. The van der Waals surface area contributed by atoms with Crippen LogP contribution < -0.4 is 0 Å². The van der Waals surface area contributed by atoms with Crippen molar-refractivity contribution >= 4 is 45.5 Å². The van der Waals surface area contributed by atoms with Crippen LogP contribution in [-0.2, 0) is 33.8 Å². The van der Waals surface area contributed by atoms with Gasteiger partial charge in [-0.2, -0.15) is 0 Å². The monoisotopic (exact) mass is 344 g/mol. The maximum Gasteiger partial charge on any atom is 0 e. The minimum atomic E-state index is 0. The van der Waals surface area contributed by atoms with Gasteiger partial charge in [0.25, 0.3) is 0 Å². The van der Waals surface area contributed by atoms with Crippen molar-refractivity contribution in [3.8, 4) is 0 Å². The van der Waals surface area contributed by atoms with Crippen LogP contribution in [0.2, 0.25) is 0 Å². The number of hydrogen-bond acceptors (Lipinski definition) is 0. The molecular weight excluding hydrogens is 343 g/mol. The Balaban J connectivity index is 0. The Kier molecular flexibility index (Phi) is 98.0. The SMILES string of the molecule is [Co].[Fe].[Pr].[Sr]. The summed E-state index contributed by atoms with van der Waals surface area (Å²) in [6.45, 7) is 0. The second-order valence-corrected chi connectivity index (χ2v) is 0. The molecule has 4 radical (unpaired) electrons. The second kappa shape index (κ2) is 15.8. The van der Waals surface area contributed by atoms with Crippen molar-refractivity contribution in [2.75, 3.05) is 0 Å². The molecule has 0 spiro atoms. The Morgan fingerprint density at radius 3 is 1.00 bits per heavy atom. The van der Waals surface area contributed by atoms with E-state index < -0.39 is 0 Å². The average molecular weight is 343 g/mol. The van der Waals surface area contributed by atoms with Crippen LogP contribution in [0.15, 0.2) is 0 Å². The molecule has 0 rings (SSSR count). The molecule has 0 nitrogen and oxygen atoms in total. The predicted molar refractivity (Wildman–Crippen MR) is 5.75 cm³/mol. The zero-order valence-corrected chi connectivity index (χ0v) is 11.3. The molecule has 0 aromatic heterocycles. The molecule has 0 aliphatic heterocycles. The van der Waals surface area contributed by atoms with Gasteiger partial charge >= 0.3 is 0 Å². The van der Waals surface area contributed by atoms with Gasteiger partial charge in [-0.15, -0.1) is 0 Å². The van der Waals surface area contributed by atoms with Crippen LogP contribution in [0.4, 0.5) is 0 Å². The molecule has 0 amide bonds. The quantitative estimate of drug-likeness (QED) is 0.526. The van der Waals surface area contributed by atoms with Crippen LogP contribution in [0.5, 0.6) is 0 Å². The van der Waals surface area contributed by atoms with Gasteiger partial charge in [0.05, 0.1) is 0 Å². The van der Waals surface area contributed by atoms with E-state index in [0.717, 1.165) is 0 Å². The summed E-state index contributed by atoms with van der Waals surface area (Å²) in [5, 5.41) is 0. The molecule has 0 aliphatic rings. The van der Waals surface area contributed by atoms with Crippen LogP contribution in [0.1, 0.15) is 0 Å². The van der Waals surface area contributed by atoms with Gasteiger partial charge in [-0.3, -0.25) is 0 Å². The van der Waals surface area contributed by atoms with Crippen LogP contribution >= 0.6 is 0 Å². The Morgan fingerprint density at radius 1 is 1.00 bits per heavy atom. The third kappa shape index (κ3) is 9.30. The van der Waals surface area contributed by atoms with E-state index in [9.17, 15) is 0 Å². The molecule has 0 N–H and O–H groups in total. The van der Waals surface area contributed by atoms with Crippen LogP contribution in [-0.4, -0.2) is 45.5 Å². The average Bonchev–Trinajstić information content (AvgIpc) is 0. The summed E-state index contributed by atoms with van der Waals surface area (Å²) in [7, 11) is 0. The summed E-state index contributed by atoms with van der Waals surface area (Å²) in [6.07, 6.45) is 0. The van der Waals surface area contributed by atoms with E-state index in [-0.39, 0.29) is 121 Å². The fourth-order valence-electron chi connectivity index (χ4n) is 0. The molecule has 0 bridgehead atoms. The van der Waals surface area contributed by atoms with E-state index in [1.54, 1.807) is 0 Å². The first-order chi connectivity index (χ1) is 0. The molecule has 4 heteroatoms. The molecule has 4 heavy (non-hydrogen) atoms. The van der Waals surface area contributed by atoms with E-state index >= 15 is 0 Å². The summed E-state index contributed by atoms with van der Waals surface area (Å²) < 4.78 is 0. The Labute approximate surface area is 117 Å². The van der Waals surface area contributed by atoms with Gasteiger partial charge in [0.1, 0.15) is 0 Å². The minimum absolute atomic E-state index is 0. The zero-order chi connectivity index (χ0) is 0. The standard InChI is InChI=1S/Co.Fe.Pr.Sr. The van der Waals surface area contributed by atoms with E-state index in [1.807, 2.05) is 0 Å². The largest absolute Gasteiger partial charge is 0 e. The van der Waals surface area contributed by atoms with Gasteiger partial charge in [-0.1, -0.05) is 0 Å². The van der Waals surface area contributed by atoms with Crippen LogP contribution in [0.3, 0.4) is 0 Å². The molecule has 22 valence electrons. The minimum Gasteiger partial charge on any atom is 0 e. The molecule has 0 fully saturated rings. The van der Waals surface area contributed by atoms with Crippen molar-refractivity contribution in [2.24, 2.45) is 0 Å². The number of hydrogen-bond donors (Lipinski definition) is 0. The van der Waals surface area contributed by atoms with Crippen molar-refractivity contribution in [3.05, 3.63) is 0 Å². The van der Waals surface area contributed by atoms with Crippen molar-refractivity contribution in [3.63, 3.8) is 0 Å². The van der Waals surface area contributed by atoms with E-state index in [0.29, 0.717) is 0 Å². The molecule has 0 saturated carbocycles. The first-order valence-corrected chi connectivity index (χ1v) is 0. The summed E-state index contributed by atoms with van der Waals surface area (Å²) in [4.78, 5) is 0. The summed E-state index contributed by atoms with van der Waals surface area (Å²) in [5.74, 6) is 0. The Morgan fingerprint density at radius 2 is 1.00 bits per heavy atom. The van der Waals surface area contributed by atoms with Gasteiger partial charge in [-0.25, -0.2) is 0 Å². The molecular formula is CoFePrSr. The smallest absolute Gasteiger partial charge is 0 e. The van der Waals surface area contributed by atoms with E-state index in [2.05, 4.69) is 0 Å². The molecule has 0 aromatic carbocycles. The molecule has 0 heterocycles. The maximum atomic E-state index is 0. The third-order valence-electron chi connectivity index (χ3n) is 0. The van der Waals surface area contributed by atoms with Gasteiger partial charge < -0.3 is 0 Å². The molecule has 0 saturated heterocycles.